The normalized spacial score (nSPS) is 11.8. The van der Waals surface area contributed by atoms with Crippen LogP contribution in [0.25, 0.3) is 10.6 Å². The van der Waals surface area contributed by atoms with Crippen molar-refractivity contribution >= 4 is 11.3 Å². The first-order chi connectivity index (χ1) is 9.45. The quantitative estimate of drug-likeness (QED) is 0.921. The summed E-state index contributed by atoms with van der Waals surface area (Å²) in [5.74, 6) is 0. The minimum absolute atomic E-state index is 0.166. The Balaban J connectivity index is 2.59. The van der Waals surface area contributed by atoms with Crippen molar-refractivity contribution in [3.63, 3.8) is 0 Å². The number of ether oxygens (including phenoxy) is 1. The second-order valence-electron chi connectivity index (χ2n) is 5.12. The standard InChI is InChI=1S/C15H19NO3S/c1-15(2,18)11-6-7-12(13-5-4-10-20-13)16(14(11)17)8-9-19-3/h4-7,10,18H,8-9H2,1-3H3. The Morgan fingerprint density at radius 3 is 2.65 bits per heavy atom. The molecule has 0 radical (unpaired) electrons. The molecule has 2 rings (SSSR count). The second kappa shape index (κ2) is 5.91. The van der Waals surface area contributed by atoms with Crippen LogP contribution in [0.2, 0.25) is 0 Å². The lowest BCUT2D eigenvalue weighted by Gasteiger charge is -2.20. The molecule has 108 valence electrons. The predicted molar refractivity (Wildman–Crippen MR) is 81.1 cm³/mol. The Hall–Kier alpha value is -1.43. The van der Waals surface area contributed by atoms with Gasteiger partial charge in [0.05, 0.1) is 22.8 Å². The molecule has 1 N–H and O–H groups in total. The molecule has 4 nitrogen and oxygen atoms in total. The zero-order chi connectivity index (χ0) is 14.8. The van der Waals surface area contributed by atoms with Gasteiger partial charge in [-0.2, -0.15) is 0 Å². The van der Waals surface area contributed by atoms with E-state index in [1.54, 1.807) is 42.9 Å². The van der Waals surface area contributed by atoms with Crippen molar-refractivity contribution < 1.29 is 9.84 Å². The molecule has 0 aliphatic heterocycles. The maximum Gasteiger partial charge on any atom is 0.257 e. The van der Waals surface area contributed by atoms with Crippen LogP contribution in [0.3, 0.4) is 0 Å². The Labute approximate surface area is 122 Å². The van der Waals surface area contributed by atoms with Crippen molar-refractivity contribution in [2.45, 2.75) is 26.0 Å². The molecule has 0 unspecified atom stereocenters. The lowest BCUT2D eigenvalue weighted by Crippen LogP contribution is -2.33. The van der Waals surface area contributed by atoms with Crippen molar-refractivity contribution in [1.82, 2.24) is 4.57 Å². The van der Waals surface area contributed by atoms with Gasteiger partial charge in [0.15, 0.2) is 0 Å². The summed E-state index contributed by atoms with van der Waals surface area (Å²) in [6.07, 6.45) is 0. The molecule has 2 aromatic rings. The third-order valence-electron chi connectivity index (χ3n) is 3.13. The van der Waals surface area contributed by atoms with Crippen molar-refractivity contribution in [3.05, 3.63) is 45.6 Å². The third-order valence-corrected chi connectivity index (χ3v) is 4.02. The Bertz CT molecular complexity index is 624. The first-order valence-electron chi connectivity index (χ1n) is 6.44. The van der Waals surface area contributed by atoms with Gasteiger partial charge in [-0.05, 0) is 37.4 Å². The molecule has 2 aromatic heterocycles. The van der Waals surface area contributed by atoms with Gasteiger partial charge in [0, 0.05) is 19.2 Å². The van der Waals surface area contributed by atoms with E-state index in [-0.39, 0.29) is 5.56 Å². The Morgan fingerprint density at radius 1 is 1.35 bits per heavy atom. The Morgan fingerprint density at radius 2 is 2.10 bits per heavy atom. The Kier molecular flexibility index (Phi) is 4.42. The van der Waals surface area contributed by atoms with E-state index >= 15 is 0 Å². The van der Waals surface area contributed by atoms with Crippen LogP contribution in [0, 0.1) is 0 Å². The number of rotatable bonds is 5. The molecular weight excluding hydrogens is 274 g/mol. The predicted octanol–water partition coefficient (Wildman–Crippen LogP) is 2.45. The fraction of sp³-hybridized carbons (Fsp3) is 0.400. The number of methoxy groups -OCH3 is 1. The third kappa shape index (κ3) is 3.00. The van der Waals surface area contributed by atoms with Crippen LogP contribution >= 0.6 is 11.3 Å². The van der Waals surface area contributed by atoms with Crippen LogP contribution in [0.5, 0.6) is 0 Å². The van der Waals surface area contributed by atoms with E-state index in [2.05, 4.69) is 0 Å². The highest BCUT2D eigenvalue weighted by molar-refractivity contribution is 7.13. The summed E-state index contributed by atoms with van der Waals surface area (Å²) >= 11 is 1.58. The van der Waals surface area contributed by atoms with Crippen molar-refractivity contribution in [3.8, 4) is 10.6 Å². The molecule has 0 saturated heterocycles. The van der Waals surface area contributed by atoms with Crippen LogP contribution in [0.1, 0.15) is 19.4 Å². The molecular formula is C15H19NO3S. The maximum atomic E-state index is 12.6. The largest absolute Gasteiger partial charge is 0.386 e. The first kappa shape index (κ1) is 15.0. The number of hydrogen-bond donors (Lipinski definition) is 1. The molecule has 0 amide bonds. The molecule has 0 aliphatic rings. The topological polar surface area (TPSA) is 51.5 Å². The van der Waals surface area contributed by atoms with Crippen molar-refractivity contribution in [1.29, 1.82) is 0 Å². The van der Waals surface area contributed by atoms with Crippen LogP contribution in [0.4, 0.5) is 0 Å². The molecule has 0 atom stereocenters. The van der Waals surface area contributed by atoms with Gasteiger partial charge in [0.1, 0.15) is 0 Å². The summed E-state index contributed by atoms with van der Waals surface area (Å²) in [7, 11) is 1.61. The molecule has 5 heteroatoms. The zero-order valence-electron chi connectivity index (χ0n) is 11.9. The molecule has 0 aromatic carbocycles. The first-order valence-corrected chi connectivity index (χ1v) is 7.32. The SMILES string of the molecule is COCCn1c(-c2cccs2)ccc(C(C)(C)O)c1=O. The fourth-order valence-corrected chi connectivity index (χ4v) is 2.85. The maximum absolute atomic E-state index is 12.6. The average molecular weight is 293 g/mol. The van der Waals surface area contributed by atoms with E-state index in [1.165, 1.54) is 0 Å². The minimum Gasteiger partial charge on any atom is -0.386 e. The van der Waals surface area contributed by atoms with Crippen LogP contribution in [-0.4, -0.2) is 23.4 Å². The van der Waals surface area contributed by atoms with E-state index in [0.717, 1.165) is 10.6 Å². The highest BCUT2D eigenvalue weighted by Gasteiger charge is 2.22. The number of hydrogen-bond acceptors (Lipinski definition) is 4. The summed E-state index contributed by atoms with van der Waals surface area (Å²) in [5.41, 5.74) is -0.0655. The van der Waals surface area contributed by atoms with E-state index in [4.69, 9.17) is 4.74 Å². The van der Waals surface area contributed by atoms with Gasteiger partial charge in [-0.3, -0.25) is 4.79 Å². The molecule has 2 heterocycles. The average Bonchev–Trinajstić information content (AvgIpc) is 2.89. The number of nitrogens with zero attached hydrogens (tertiary/aromatic N) is 1. The van der Waals surface area contributed by atoms with E-state index in [9.17, 15) is 9.90 Å². The molecule has 20 heavy (non-hydrogen) atoms. The number of thiophene rings is 1. The number of aliphatic hydroxyl groups is 1. The summed E-state index contributed by atoms with van der Waals surface area (Å²) < 4.78 is 6.75. The second-order valence-corrected chi connectivity index (χ2v) is 6.07. The van der Waals surface area contributed by atoms with E-state index < -0.39 is 5.60 Å². The number of aromatic nitrogens is 1. The lowest BCUT2D eigenvalue weighted by molar-refractivity contribution is 0.0762. The zero-order valence-corrected chi connectivity index (χ0v) is 12.7. The van der Waals surface area contributed by atoms with Gasteiger partial charge in [0.2, 0.25) is 0 Å². The highest BCUT2D eigenvalue weighted by atomic mass is 32.1. The van der Waals surface area contributed by atoms with Crippen molar-refractivity contribution in [2.75, 3.05) is 13.7 Å². The van der Waals surface area contributed by atoms with Crippen LogP contribution < -0.4 is 5.56 Å². The molecule has 0 bridgehead atoms. The van der Waals surface area contributed by atoms with Crippen LogP contribution in [0.15, 0.2) is 34.4 Å². The summed E-state index contributed by atoms with van der Waals surface area (Å²) in [4.78, 5) is 13.6. The molecule has 0 fully saturated rings. The summed E-state index contributed by atoms with van der Waals surface area (Å²) in [5, 5.41) is 12.1. The molecule has 0 spiro atoms. The fourth-order valence-electron chi connectivity index (χ4n) is 2.09. The van der Waals surface area contributed by atoms with Gasteiger partial charge in [-0.25, -0.2) is 0 Å². The van der Waals surface area contributed by atoms with Gasteiger partial charge in [0.25, 0.3) is 5.56 Å². The van der Waals surface area contributed by atoms with E-state index in [0.29, 0.717) is 18.7 Å². The minimum atomic E-state index is -1.15. The molecule has 0 saturated carbocycles. The van der Waals surface area contributed by atoms with E-state index in [1.807, 2.05) is 23.6 Å². The molecule has 0 aliphatic carbocycles. The van der Waals surface area contributed by atoms with Crippen LogP contribution in [-0.2, 0) is 16.9 Å². The monoisotopic (exact) mass is 293 g/mol. The van der Waals surface area contributed by atoms with Gasteiger partial charge in [-0.1, -0.05) is 6.07 Å². The highest BCUT2D eigenvalue weighted by Crippen LogP contribution is 2.25. The lowest BCUT2D eigenvalue weighted by atomic mass is 9.99. The number of pyridine rings is 1. The van der Waals surface area contributed by atoms with Crippen molar-refractivity contribution in [2.24, 2.45) is 0 Å². The van der Waals surface area contributed by atoms with Gasteiger partial charge < -0.3 is 14.4 Å². The van der Waals surface area contributed by atoms with Gasteiger partial charge in [-0.15, -0.1) is 11.3 Å². The summed E-state index contributed by atoms with van der Waals surface area (Å²) in [6.45, 7) is 4.16. The summed E-state index contributed by atoms with van der Waals surface area (Å²) in [6, 6.07) is 7.53. The van der Waals surface area contributed by atoms with Gasteiger partial charge >= 0.3 is 0 Å². The smallest absolute Gasteiger partial charge is 0.257 e.